The number of hydrogen-bond donors (Lipinski definition) is 1. The minimum atomic E-state index is 0.190. The fourth-order valence-corrected chi connectivity index (χ4v) is 4.16. The number of fused-ring (bicyclic) bond motifs is 1. The van der Waals surface area contributed by atoms with Crippen molar-refractivity contribution in [2.75, 3.05) is 19.0 Å². The normalized spacial score (nSPS) is 25.2. The molecule has 0 saturated carbocycles. The van der Waals surface area contributed by atoms with Crippen molar-refractivity contribution < 1.29 is 9.47 Å². The van der Waals surface area contributed by atoms with Gasteiger partial charge in [-0.05, 0) is 47.5 Å². The van der Waals surface area contributed by atoms with E-state index in [-0.39, 0.29) is 5.54 Å². The third-order valence-corrected chi connectivity index (χ3v) is 5.26. The summed E-state index contributed by atoms with van der Waals surface area (Å²) in [4.78, 5) is 0. The molecule has 0 spiro atoms. The van der Waals surface area contributed by atoms with Gasteiger partial charge in [0.25, 0.3) is 0 Å². The first kappa shape index (κ1) is 12.6. The van der Waals surface area contributed by atoms with E-state index in [1.54, 1.807) is 0 Å². The van der Waals surface area contributed by atoms with E-state index in [1.807, 2.05) is 11.8 Å². The fourth-order valence-electron chi connectivity index (χ4n) is 2.19. The second kappa shape index (κ2) is 4.62. The zero-order chi connectivity index (χ0) is 12.8. The summed E-state index contributed by atoms with van der Waals surface area (Å²) in [6.45, 7) is 5.70. The Labute approximate surface area is 120 Å². The fraction of sp³-hybridized carbons (Fsp3) is 0.538. The molecule has 0 aliphatic carbocycles. The molecule has 5 heteroatoms. The van der Waals surface area contributed by atoms with Gasteiger partial charge >= 0.3 is 0 Å². The second-order valence-electron chi connectivity index (χ2n) is 5.25. The summed E-state index contributed by atoms with van der Waals surface area (Å²) in [5, 5.41) is 3.95. The van der Waals surface area contributed by atoms with Crippen LogP contribution in [0, 0.1) is 0 Å². The number of rotatable bonds is 1. The van der Waals surface area contributed by atoms with Gasteiger partial charge in [0.1, 0.15) is 13.2 Å². The minimum absolute atomic E-state index is 0.190. The molecule has 2 aliphatic rings. The van der Waals surface area contributed by atoms with Gasteiger partial charge in [0.2, 0.25) is 0 Å². The second-order valence-corrected chi connectivity index (χ2v) is 7.19. The van der Waals surface area contributed by atoms with E-state index < -0.39 is 0 Å². The first-order valence-corrected chi connectivity index (χ1v) is 7.88. The van der Waals surface area contributed by atoms with Gasteiger partial charge in [-0.2, -0.15) is 0 Å². The van der Waals surface area contributed by atoms with Crippen molar-refractivity contribution in [2.24, 2.45) is 0 Å². The summed E-state index contributed by atoms with van der Waals surface area (Å²) in [7, 11) is 0. The van der Waals surface area contributed by atoms with Crippen LogP contribution in [0.4, 0.5) is 0 Å². The Bertz CT molecular complexity index is 478. The van der Waals surface area contributed by atoms with E-state index in [0.717, 1.165) is 21.7 Å². The maximum absolute atomic E-state index is 5.66. The van der Waals surface area contributed by atoms with Gasteiger partial charge in [0, 0.05) is 11.3 Å². The molecule has 1 atom stereocenters. The average molecular weight is 330 g/mol. The van der Waals surface area contributed by atoms with Gasteiger partial charge in [-0.15, -0.1) is 11.8 Å². The lowest BCUT2D eigenvalue weighted by Crippen LogP contribution is -2.35. The summed E-state index contributed by atoms with van der Waals surface area (Å²) >= 11 is 5.50. The monoisotopic (exact) mass is 329 g/mol. The van der Waals surface area contributed by atoms with Crippen LogP contribution in [-0.2, 0) is 0 Å². The highest BCUT2D eigenvalue weighted by molar-refractivity contribution is 9.10. The number of halogens is 1. The molecule has 1 aromatic carbocycles. The quantitative estimate of drug-likeness (QED) is 0.856. The number of hydrogen-bond acceptors (Lipinski definition) is 4. The van der Waals surface area contributed by atoms with Crippen molar-refractivity contribution in [1.82, 2.24) is 5.32 Å². The highest BCUT2D eigenvalue weighted by atomic mass is 79.9. The third kappa shape index (κ3) is 2.36. The predicted molar refractivity (Wildman–Crippen MR) is 77.5 cm³/mol. The predicted octanol–water partition coefficient (Wildman–Crippen LogP) is 3.33. The number of ether oxygens (including phenoxy) is 2. The zero-order valence-electron chi connectivity index (χ0n) is 10.5. The van der Waals surface area contributed by atoms with E-state index in [0.29, 0.717) is 18.6 Å². The highest BCUT2D eigenvalue weighted by Gasteiger charge is 2.32. The summed E-state index contributed by atoms with van der Waals surface area (Å²) in [5.74, 6) is 2.79. The van der Waals surface area contributed by atoms with Crippen LogP contribution in [-0.4, -0.2) is 24.5 Å². The van der Waals surface area contributed by atoms with Gasteiger partial charge < -0.3 is 9.47 Å². The Hall–Kier alpha value is -0.390. The van der Waals surface area contributed by atoms with Crippen molar-refractivity contribution in [2.45, 2.75) is 24.8 Å². The summed E-state index contributed by atoms with van der Waals surface area (Å²) in [6, 6.07) is 4.21. The first-order valence-electron chi connectivity index (χ1n) is 6.03. The molecule has 1 aromatic rings. The van der Waals surface area contributed by atoms with Crippen LogP contribution in [0.3, 0.4) is 0 Å². The zero-order valence-corrected chi connectivity index (χ0v) is 12.9. The molecule has 2 heterocycles. The molecule has 0 amide bonds. The van der Waals surface area contributed by atoms with Gasteiger partial charge in [0.05, 0.1) is 9.85 Å². The average Bonchev–Trinajstić information content (AvgIpc) is 2.70. The van der Waals surface area contributed by atoms with Crippen LogP contribution in [0.15, 0.2) is 16.6 Å². The molecule has 0 radical (unpaired) electrons. The Balaban J connectivity index is 1.92. The van der Waals surface area contributed by atoms with Gasteiger partial charge in [-0.1, -0.05) is 0 Å². The van der Waals surface area contributed by atoms with Crippen molar-refractivity contribution in [1.29, 1.82) is 0 Å². The first-order chi connectivity index (χ1) is 8.55. The molecule has 3 nitrogen and oxygen atoms in total. The smallest absolute Gasteiger partial charge is 0.175 e. The number of thioether (sulfide) groups is 1. The Morgan fingerprint density at radius 2 is 2.11 bits per heavy atom. The Morgan fingerprint density at radius 1 is 1.33 bits per heavy atom. The SMILES string of the molecule is CC1(C)CSC(c2cc(Br)c3c(c2)OCCO3)N1. The van der Waals surface area contributed by atoms with Crippen molar-refractivity contribution in [3.63, 3.8) is 0 Å². The molecule has 0 bridgehead atoms. The standard InChI is InChI=1S/C13H16BrNO2S/c1-13(2)7-18-12(15-13)8-5-9(14)11-10(6-8)16-3-4-17-11/h5-6,12,15H,3-4,7H2,1-2H3. The summed E-state index contributed by atoms with van der Waals surface area (Å²) in [6.07, 6.45) is 0. The van der Waals surface area contributed by atoms with Crippen molar-refractivity contribution >= 4 is 27.7 Å². The van der Waals surface area contributed by atoms with Crippen LogP contribution in [0.2, 0.25) is 0 Å². The third-order valence-electron chi connectivity index (χ3n) is 3.05. The summed E-state index contributed by atoms with van der Waals surface area (Å²) < 4.78 is 12.3. The van der Waals surface area contributed by atoms with E-state index in [4.69, 9.17) is 9.47 Å². The van der Waals surface area contributed by atoms with Crippen molar-refractivity contribution in [3.05, 3.63) is 22.2 Å². The number of benzene rings is 1. The maximum Gasteiger partial charge on any atom is 0.175 e. The highest BCUT2D eigenvalue weighted by Crippen LogP contribution is 2.44. The van der Waals surface area contributed by atoms with Crippen LogP contribution >= 0.6 is 27.7 Å². The van der Waals surface area contributed by atoms with Crippen LogP contribution < -0.4 is 14.8 Å². The molecular formula is C13H16BrNO2S. The van der Waals surface area contributed by atoms with E-state index >= 15 is 0 Å². The lowest BCUT2D eigenvalue weighted by molar-refractivity contribution is 0.170. The Morgan fingerprint density at radius 3 is 2.83 bits per heavy atom. The lowest BCUT2D eigenvalue weighted by atomic mass is 10.1. The van der Waals surface area contributed by atoms with Crippen LogP contribution in [0.25, 0.3) is 0 Å². The molecule has 2 aliphatic heterocycles. The minimum Gasteiger partial charge on any atom is -0.486 e. The topological polar surface area (TPSA) is 30.5 Å². The summed E-state index contributed by atoms with van der Waals surface area (Å²) in [5.41, 5.74) is 1.43. The van der Waals surface area contributed by atoms with Gasteiger partial charge in [-0.25, -0.2) is 0 Å². The maximum atomic E-state index is 5.66. The molecule has 1 N–H and O–H groups in total. The number of nitrogens with one attached hydrogen (secondary N) is 1. The largest absolute Gasteiger partial charge is 0.486 e. The van der Waals surface area contributed by atoms with Crippen LogP contribution in [0.5, 0.6) is 11.5 Å². The van der Waals surface area contributed by atoms with Gasteiger partial charge in [0.15, 0.2) is 11.5 Å². The molecule has 1 fully saturated rings. The molecule has 1 unspecified atom stereocenters. The van der Waals surface area contributed by atoms with E-state index in [9.17, 15) is 0 Å². The molecule has 18 heavy (non-hydrogen) atoms. The molecule has 98 valence electrons. The van der Waals surface area contributed by atoms with Crippen LogP contribution in [0.1, 0.15) is 24.8 Å². The molecular weight excluding hydrogens is 314 g/mol. The Kier molecular flexibility index (Phi) is 3.24. The molecule has 3 rings (SSSR count). The van der Waals surface area contributed by atoms with E-state index in [1.165, 1.54) is 5.56 Å². The molecule has 0 aromatic heterocycles. The molecule has 1 saturated heterocycles. The van der Waals surface area contributed by atoms with Crippen molar-refractivity contribution in [3.8, 4) is 11.5 Å². The lowest BCUT2D eigenvalue weighted by Gasteiger charge is -2.23. The van der Waals surface area contributed by atoms with Gasteiger partial charge in [-0.3, -0.25) is 5.32 Å². The van der Waals surface area contributed by atoms with E-state index in [2.05, 4.69) is 47.2 Å².